The van der Waals surface area contributed by atoms with E-state index in [0.717, 1.165) is 31.2 Å². The van der Waals surface area contributed by atoms with Crippen molar-refractivity contribution >= 4 is 10.2 Å². The molecule has 1 aromatic rings. The first-order valence-corrected chi connectivity index (χ1v) is 12.1. The van der Waals surface area contributed by atoms with Crippen LogP contribution in [-0.4, -0.2) is 49.3 Å². The lowest BCUT2D eigenvalue weighted by Crippen LogP contribution is -2.49. The van der Waals surface area contributed by atoms with Gasteiger partial charge in [0.1, 0.15) is 0 Å². The van der Waals surface area contributed by atoms with E-state index < -0.39 is 10.2 Å². The first-order valence-electron chi connectivity index (χ1n) is 10.7. The standard InChI is InChI=1S/C22H38N2O3S/c1-19(2)10-14-23(15-11-20(3)4)28(25,26)24-16-12-22(13-17-24)27-18-21-8-6-5-7-9-21/h5-9,19-20,22H,10-18H2,1-4H3. The summed E-state index contributed by atoms with van der Waals surface area (Å²) in [6.07, 6.45) is 3.44. The van der Waals surface area contributed by atoms with Crippen LogP contribution >= 0.6 is 0 Å². The Bertz CT molecular complexity index is 642. The van der Waals surface area contributed by atoms with Crippen molar-refractivity contribution in [1.29, 1.82) is 0 Å². The van der Waals surface area contributed by atoms with Gasteiger partial charge in [-0.15, -0.1) is 0 Å². The van der Waals surface area contributed by atoms with Gasteiger partial charge in [-0.3, -0.25) is 0 Å². The molecule has 0 spiro atoms. The van der Waals surface area contributed by atoms with Crippen molar-refractivity contribution in [3.63, 3.8) is 0 Å². The molecule has 1 heterocycles. The lowest BCUT2D eigenvalue weighted by atomic mass is 10.1. The van der Waals surface area contributed by atoms with Crippen molar-refractivity contribution in [3.05, 3.63) is 35.9 Å². The SMILES string of the molecule is CC(C)CCN(CCC(C)C)S(=O)(=O)N1CCC(OCc2ccccc2)CC1. The molecule has 0 radical (unpaired) electrons. The molecule has 0 aliphatic carbocycles. The van der Waals surface area contributed by atoms with Gasteiger partial charge in [0.25, 0.3) is 10.2 Å². The van der Waals surface area contributed by atoms with Crippen LogP contribution in [0.25, 0.3) is 0 Å². The van der Waals surface area contributed by atoms with E-state index in [1.165, 1.54) is 0 Å². The molecule has 5 nitrogen and oxygen atoms in total. The maximum atomic E-state index is 13.2. The maximum Gasteiger partial charge on any atom is 0.281 e. The minimum absolute atomic E-state index is 0.131. The number of piperidine rings is 1. The minimum atomic E-state index is -3.39. The maximum absolute atomic E-state index is 13.2. The van der Waals surface area contributed by atoms with E-state index in [0.29, 0.717) is 44.6 Å². The summed E-state index contributed by atoms with van der Waals surface area (Å²) < 4.78 is 35.8. The molecule has 1 fully saturated rings. The molecule has 0 amide bonds. The fraction of sp³-hybridized carbons (Fsp3) is 0.727. The molecule has 0 bridgehead atoms. The van der Waals surface area contributed by atoms with Gasteiger partial charge in [-0.25, -0.2) is 0 Å². The first-order chi connectivity index (χ1) is 13.3. The van der Waals surface area contributed by atoms with Crippen LogP contribution in [0.2, 0.25) is 0 Å². The quantitative estimate of drug-likeness (QED) is 0.546. The van der Waals surface area contributed by atoms with Crippen LogP contribution in [0, 0.1) is 11.8 Å². The Morgan fingerprint density at radius 3 is 2.04 bits per heavy atom. The van der Waals surface area contributed by atoms with Gasteiger partial charge in [0.15, 0.2) is 0 Å². The zero-order valence-electron chi connectivity index (χ0n) is 18.0. The summed E-state index contributed by atoms with van der Waals surface area (Å²) >= 11 is 0. The van der Waals surface area contributed by atoms with Gasteiger partial charge in [0.05, 0.1) is 12.7 Å². The number of benzene rings is 1. The summed E-state index contributed by atoms with van der Waals surface area (Å²) in [5.74, 6) is 0.989. The molecule has 0 aromatic heterocycles. The van der Waals surface area contributed by atoms with E-state index in [4.69, 9.17) is 4.74 Å². The number of ether oxygens (including phenoxy) is 1. The Balaban J connectivity index is 1.89. The highest BCUT2D eigenvalue weighted by Crippen LogP contribution is 2.21. The van der Waals surface area contributed by atoms with Gasteiger partial charge in [0, 0.05) is 26.2 Å². The summed E-state index contributed by atoms with van der Waals surface area (Å²) in [6.45, 7) is 11.5. The fourth-order valence-corrected chi connectivity index (χ4v) is 5.00. The lowest BCUT2D eigenvalue weighted by Gasteiger charge is -2.35. The molecule has 0 atom stereocenters. The van der Waals surface area contributed by atoms with E-state index in [1.54, 1.807) is 8.61 Å². The zero-order chi connectivity index (χ0) is 20.6. The van der Waals surface area contributed by atoms with Crippen LogP contribution in [0.3, 0.4) is 0 Å². The highest BCUT2D eigenvalue weighted by atomic mass is 32.2. The predicted octanol–water partition coefficient (Wildman–Crippen LogP) is 4.31. The topological polar surface area (TPSA) is 49.9 Å². The second-order valence-electron chi connectivity index (χ2n) is 8.67. The number of rotatable bonds is 11. The molecule has 1 aliphatic rings. The summed E-state index contributed by atoms with van der Waals surface area (Å²) in [6, 6.07) is 10.1. The van der Waals surface area contributed by atoms with Crippen molar-refractivity contribution in [1.82, 2.24) is 8.61 Å². The minimum Gasteiger partial charge on any atom is -0.373 e. The van der Waals surface area contributed by atoms with Gasteiger partial charge in [-0.1, -0.05) is 58.0 Å². The number of hydrogen-bond acceptors (Lipinski definition) is 3. The molecule has 0 N–H and O–H groups in total. The highest BCUT2D eigenvalue weighted by molar-refractivity contribution is 7.86. The molecule has 0 saturated carbocycles. The normalized spacial score (nSPS) is 17.1. The van der Waals surface area contributed by atoms with E-state index in [2.05, 4.69) is 39.8 Å². The van der Waals surface area contributed by atoms with Gasteiger partial charge >= 0.3 is 0 Å². The Morgan fingerprint density at radius 1 is 1.00 bits per heavy atom. The highest BCUT2D eigenvalue weighted by Gasteiger charge is 2.33. The van der Waals surface area contributed by atoms with E-state index in [9.17, 15) is 8.42 Å². The molecule has 28 heavy (non-hydrogen) atoms. The lowest BCUT2D eigenvalue weighted by molar-refractivity contribution is 0.00941. The predicted molar refractivity (Wildman–Crippen MR) is 115 cm³/mol. The third-order valence-electron chi connectivity index (χ3n) is 5.29. The van der Waals surface area contributed by atoms with Crippen LogP contribution in [-0.2, 0) is 21.6 Å². The van der Waals surface area contributed by atoms with Crippen molar-refractivity contribution in [2.75, 3.05) is 26.2 Å². The van der Waals surface area contributed by atoms with Gasteiger partial charge in [-0.2, -0.15) is 17.0 Å². The van der Waals surface area contributed by atoms with Crippen LogP contribution < -0.4 is 0 Å². The zero-order valence-corrected chi connectivity index (χ0v) is 18.8. The molecule has 6 heteroatoms. The van der Waals surface area contributed by atoms with E-state index in [1.807, 2.05) is 18.2 Å². The largest absolute Gasteiger partial charge is 0.373 e. The Kier molecular flexibility index (Phi) is 9.41. The van der Waals surface area contributed by atoms with Crippen molar-refractivity contribution in [2.24, 2.45) is 11.8 Å². The summed E-state index contributed by atoms with van der Waals surface area (Å²) in [5, 5.41) is 0. The molecular formula is C22H38N2O3S. The van der Waals surface area contributed by atoms with Gasteiger partial charge < -0.3 is 4.74 Å². The molecule has 1 aliphatic heterocycles. The van der Waals surface area contributed by atoms with E-state index in [-0.39, 0.29) is 6.10 Å². The summed E-state index contributed by atoms with van der Waals surface area (Å²) in [7, 11) is -3.39. The Morgan fingerprint density at radius 2 is 1.54 bits per heavy atom. The molecule has 2 rings (SSSR count). The molecule has 1 saturated heterocycles. The number of hydrogen-bond donors (Lipinski definition) is 0. The fourth-order valence-electron chi connectivity index (χ4n) is 3.33. The smallest absolute Gasteiger partial charge is 0.281 e. The van der Waals surface area contributed by atoms with Crippen LogP contribution in [0.1, 0.15) is 58.9 Å². The first kappa shape index (κ1) is 23.3. The van der Waals surface area contributed by atoms with Crippen molar-refractivity contribution in [2.45, 2.75) is 66.1 Å². The Hall–Kier alpha value is -0.950. The number of nitrogens with zero attached hydrogens (tertiary/aromatic N) is 2. The van der Waals surface area contributed by atoms with Crippen LogP contribution in [0.15, 0.2) is 30.3 Å². The average Bonchev–Trinajstić information content (AvgIpc) is 2.67. The molecule has 160 valence electrons. The third kappa shape index (κ3) is 7.47. The van der Waals surface area contributed by atoms with Crippen LogP contribution in [0.5, 0.6) is 0 Å². The van der Waals surface area contributed by atoms with Crippen molar-refractivity contribution < 1.29 is 13.2 Å². The summed E-state index contributed by atoms with van der Waals surface area (Å²) in [4.78, 5) is 0. The van der Waals surface area contributed by atoms with Crippen LogP contribution in [0.4, 0.5) is 0 Å². The molecular weight excluding hydrogens is 372 g/mol. The van der Waals surface area contributed by atoms with E-state index >= 15 is 0 Å². The second kappa shape index (κ2) is 11.3. The van der Waals surface area contributed by atoms with Gasteiger partial charge in [-0.05, 0) is 43.1 Å². The van der Waals surface area contributed by atoms with Crippen molar-refractivity contribution in [3.8, 4) is 0 Å². The second-order valence-corrected chi connectivity index (χ2v) is 10.6. The average molecular weight is 411 g/mol. The third-order valence-corrected chi connectivity index (χ3v) is 7.33. The molecule has 1 aromatic carbocycles. The summed E-state index contributed by atoms with van der Waals surface area (Å²) in [5.41, 5.74) is 1.16. The van der Waals surface area contributed by atoms with Gasteiger partial charge in [0.2, 0.25) is 0 Å². The molecule has 0 unspecified atom stereocenters. The monoisotopic (exact) mass is 410 g/mol. The Labute approximate surface area is 172 Å².